The lowest BCUT2D eigenvalue weighted by Crippen LogP contribution is -2.32. The van der Waals surface area contributed by atoms with Crippen molar-refractivity contribution in [2.45, 2.75) is 44.6 Å². The Bertz CT molecular complexity index is 756. The second-order valence-electron chi connectivity index (χ2n) is 7.31. The molecule has 0 spiro atoms. The molecule has 6 heteroatoms. The van der Waals surface area contributed by atoms with E-state index >= 15 is 0 Å². The molecule has 1 aliphatic carbocycles. The summed E-state index contributed by atoms with van der Waals surface area (Å²) >= 11 is 1.70. The summed E-state index contributed by atoms with van der Waals surface area (Å²) in [4.78, 5) is 31.3. The summed E-state index contributed by atoms with van der Waals surface area (Å²) in [6.45, 7) is 1.61. The molecular formula is C20H25N3O2S. The number of thiophene rings is 1. The van der Waals surface area contributed by atoms with Gasteiger partial charge in [-0.25, -0.2) is 0 Å². The van der Waals surface area contributed by atoms with Crippen LogP contribution in [0.1, 0.15) is 70.3 Å². The SMILES string of the molecule is O=C(N[C@@H](c1cccs1)C1CCCC1)c1c[nH]c(C(=O)N2CCCC2)c1. The highest BCUT2D eigenvalue weighted by Gasteiger charge is 2.29. The van der Waals surface area contributed by atoms with Crippen LogP contribution in [0.25, 0.3) is 0 Å². The van der Waals surface area contributed by atoms with E-state index in [9.17, 15) is 9.59 Å². The fraction of sp³-hybridized carbons (Fsp3) is 0.500. The highest BCUT2D eigenvalue weighted by molar-refractivity contribution is 7.10. The Morgan fingerprint density at radius 2 is 1.96 bits per heavy atom. The normalized spacial score (nSPS) is 19.0. The third-order valence-electron chi connectivity index (χ3n) is 5.58. The highest BCUT2D eigenvalue weighted by atomic mass is 32.1. The Balaban J connectivity index is 1.47. The summed E-state index contributed by atoms with van der Waals surface area (Å²) in [7, 11) is 0. The number of hydrogen-bond acceptors (Lipinski definition) is 3. The van der Waals surface area contributed by atoms with Gasteiger partial charge < -0.3 is 15.2 Å². The zero-order valence-corrected chi connectivity index (χ0v) is 15.7. The van der Waals surface area contributed by atoms with Gasteiger partial charge in [0, 0.05) is 24.2 Å². The first-order valence-corrected chi connectivity index (χ1v) is 10.4. The highest BCUT2D eigenvalue weighted by Crippen LogP contribution is 2.37. The van der Waals surface area contributed by atoms with Crippen molar-refractivity contribution in [2.24, 2.45) is 5.92 Å². The van der Waals surface area contributed by atoms with Crippen LogP contribution in [0.4, 0.5) is 0 Å². The van der Waals surface area contributed by atoms with Crippen LogP contribution < -0.4 is 5.32 Å². The smallest absolute Gasteiger partial charge is 0.270 e. The fourth-order valence-corrected chi connectivity index (χ4v) is 5.01. The summed E-state index contributed by atoms with van der Waals surface area (Å²) in [6.07, 6.45) is 8.57. The van der Waals surface area contributed by atoms with Gasteiger partial charge in [-0.15, -0.1) is 11.3 Å². The van der Waals surface area contributed by atoms with Crippen LogP contribution in [-0.2, 0) is 0 Å². The number of hydrogen-bond donors (Lipinski definition) is 2. The molecule has 1 saturated heterocycles. The first-order valence-electron chi connectivity index (χ1n) is 9.54. The molecule has 0 bridgehead atoms. The van der Waals surface area contributed by atoms with Crippen LogP contribution in [-0.4, -0.2) is 34.8 Å². The maximum atomic E-state index is 12.8. The Kier molecular flexibility index (Phi) is 5.11. The molecule has 1 aliphatic heterocycles. The Morgan fingerprint density at radius 1 is 1.19 bits per heavy atom. The van der Waals surface area contributed by atoms with Gasteiger partial charge in [0.1, 0.15) is 5.69 Å². The average molecular weight is 372 g/mol. The summed E-state index contributed by atoms with van der Waals surface area (Å²) in [6, 6.07) is 5.90. The number of amides is 2. The third kappa shape index (κ3) is 3.56. The van der Waals surface area contributed by atoms with Crippen LogP contribution in [0.15, 0.2) is 29.8 Å². The molecule has 4 rings (SSSR count). The molecule has 1 saturated carbocycles. The molecule has 0 radical (unpaired) electrons. The molecule has 2 aromatic rings. The Labute approximate surface area is 157 Å². The van der Waals surface area contributed by atoms with E-state index in [1.165, 1.54) is 17.7 Å². The quantitative estimate of drug-likeness (QED) is 0.835. The zero-order chi connectivity index (χ0) is 17.9. The van der Waals surface area contributed by atoms with Gasteiger partial charge >= 0.3 is 0 Å². The number of aromatic amines is 1. The molecule has 2 amide bonds. The third-order valence-corrected chi connectivity index (χ3v) is 6.53. The van der Waals surface area contributed by atoms with Gasteiger partial charge in [0.05, 0.1) is 11.6 Å². The van der Waals surface area contributed by atoms with Crippen LogP contribution in [0.2, 0.25) is 0 Å². The number of H-pyrrole nitrogens is 1. The Hall–Kier alpha value is -2.08. The number of nitrogens with one attached hydrogen (secondary N) is 2. The molecule has 0 unspecified atom stereocenters. The van der Waals surface area contributed by atoms with Gasteiger partial charge in [-0.05, 0) is 49.1 Å². The summed E-state index contributed by atoms with van der Waals surface area (Å²) in [5, 5.41) is 5.29. The molecular weight excluding hydrogens is 346 g/mol. The van der Waals surface area contributed by atoms with Gasteiger partial charge in [-0.3, -0.25) is 9.59 Å². The van der Waals surface area contributed by atoms with Crippen LogP contribution in [0.5, 0.6) is 0 Å². The molecule has 3 heterocycles. The van der Waals surface area contributed by atoms with Gasteiger partial charge in [0.15, 0.2) is 0 Å². The molecule has 138 valence electrons. The minimum Gasteiger partial charge on any atom is -0.356 e. The van der Waals surface area contributed by atoms with Crippen molar-refractivity contribution in [1.82, 2.24) is 15.2 Å². The lowest BCUT2D eigenvalue weighted by Gasteiger charge is -2.23. The van der Waals surface area contributed by atoms with Crippen molar-refractivity contribution >= 4 is 23.2 Å². The number of likely N-dealkylation sites (tertiary alicyclic amines) is 1. The molecule has 2 aromatic heterocycles. The summed E-state index contributed by atoms with van der Waals surface area (Å²) in [5.41, 5.74) is 1.04. The lowest BCUT2D eigenvalue weighted by atomic mass is 9.96. The van der Waals surface area contributed by atoms with E-state index in [2.05, 4.69) is 21.7 Å². The Morgan fingerprint density at radius 3 is 2.65 bits per heavy atom. The first-order chi connectivity index (χ1) is 12.7. The molecule has 2 N–H and O–H groups in total. The van der Waals surface area contributed by atoms with E-state index in [4.69, 9.17) is 0 Å². The maximum Gasteiger partial charge on any atom is 0.270 e. The second-order valence-corrected chi connectivity index (χ2v) is 8.29. The topological polar surface area (TPSA) is 65.2 Å². The predicted octanol–water partition coefficient (Wildman–Crippen LogP) is 3.97. The van der Waals surface area contributed by atoms with E-state index < -0.39 is 0 Å². The van der Waals surface area contributed by atoms with Crippen molar-refractivity contribution in [3.63, 3.8) is 0 Å². The zero-order valence-electron chi connectivity index (χ0n) is 14.9. The molecule has 1 atom stereocenters. The van der Waals surface area contributed by atoms with Crippen molar-refractivity contribution in [3.05, 3.63) is 45.9 Å². The second kappa shape index (κ2) is 7.66. The van der Waals surface area contributed by atoms with Gasteiger partial charge in [0.25, 0.3) is 11.8 Å². The van der Waals surface area contributed by atoms with E-state index in [1.807, 2.05) is 11.0 Å². The number of carbonyl (C=O) groups excluding carboxylic acids is 2. The van der Waals surface area contributed by atoms with Crippen LogP contribution in [0.3, 0.4) is 0 Å². The van der Waals surface area contributed by atoms with Crippen LogP contribution >= 0.6 is 11.3 Å². The fourth-order valence-electron chi connectivity index (χ4n) is 4.14. The van der Waals surface area contributed by atoms with E-state index in [1.54, 1.807) is 23.6 Å². The average Bonchev–Trinajstić information content (AvgIpc) is 3.44. The monoisotopic (exact) mass is 371 g/mol. The van der Waals surface area contributed by atoms with Gasteiger partial charge in [0.2, 0.25) is 0 Å². The molecule has 0 aromatic carbocycles. The van der Waals surface area contributed by atoms with E-state index in [0.717, 1.165) is 38.8 Å². The minimum absolute atomic E-state index is 0.00727. The van der Waals surface area contributed by atoms with Gasteiger partial charge in [-0.2, -0.15) is 0 Å². The van der Waals surface area contributed by atoms with Crippen molar-refractivity contribution in [1.29, 1.82) is 0 Å². The van der Waals surface area contributed by atoms with E-state index in [-0.39, 0.29) is 17.9 Å². The van der Waals surface area contributed by atoms with Crippen molar-refractivity contribution < 1.29 is 9.59 Å². The predicted molar refractivity (Wildman–Crippen MR) is 102 cm³/mol. The van der Waals surface area contributed by atoms with Gasteiger partial charge in [-0.1, -0.05) is 18.9 Å². The van der Waals surface area contributed by atoms with Crippen LogP contribution in [0, 0.1) is 5.92 Å². The van der Waals surface area contributed by atoms with Crippen molar-refractivity contribution in [2.75, 3.05) is 13.1 Å². The summed E-state index contributed by atoms with van der Waals surface area (Å²) < 4.78 is 0. The molecule has 2 fully saturated rings. The minimum atomic E-state index is -0.105. The molecule has 26 heavy (non-hydrogen) atoms. The molecule has 5 nitrogen and oxygen atoms in total. The number of aromatic nitrogens is 1. The maximum absolute atomic E-state index is 12.8. The number of rotatable bonds is 5. The van der Waals surface area contributed by atoms with E-state index in [0.29, 0.717) is 17.2 Å². The first kappa shape index (κ1) is 17.3. The number of nitrogens with zero attached hydrogens (tertiary/aromatic N) is 1. The summed E-state index contributed by atoms with van der Waals surface area (Å²) in [5.74, 6) is 0.390. The largest absolute Gasteiger partial charge is 0.356 e. The number of carbonyl (C=O) groups is 2. The van der Waals surface area contributed by atoms with Crippen molar-refractivity contribution in [3.8, 4) is 0 Å². The lowest BCUT2D eigenvalue weighted by molar-refractivity contribution is 0.0787. The standard InChI is InChI=1S/C20H25N3O2S/c24-19(15-12-16(21-13-15)20(25)23-9-3-4-10-23)22-18(14-6-1-2-7-14)17-8-5-11-26-17/h5,8,11-14,18,21H,1-4,6-7,9-10H2,(H,22,24)/t18-/m1/s1. The molecule has 2 aliphatic rings.